The number of nitrogen functional groups attached to an aromatic ring is 1. The van der Waals surface area contributed by atoms with Crippen LogP contribution in [0.5, 0.6) is 11.5 Å². The monoisotopic (exact) mass is 367 g/mol. The minimum atomic E-state index is 0.250. The molecule has 132 valence electrons. The van der Waals surface area contributed by atoms with Gasteiger partial charge in [-0.2, -0.15) is 0 Å². The highest BCUT2D eigenvalue weighted by molar-refractivity contribution is 7.99. The van der Waals surface area contributed by atoms with Gasteiger partial charge in [-0.25, -0.2) is 15.0 Å². The molecule has 2 aromatic heterocycles. The molecule has 0 unspecified atom stereocenters. The Morgan fingerprint density at radius 2 is 2.12 bits per heavy atom. The van der Waals surface area contributed by atoms with Gasteiger partial charge in [0, 0.05) is 17.9 Å². The summed E-state index contributed by atoms with van der Waals surface area (Å²) >= 11 is 1.54. The minimum Gasteiger partial charge on any atom is -0.454 e. The Bertz CT molecular complexity index is 1020. The maximum absolute atomic E-state index is 5.99. The fourth-order valence-electron chi connectivity index (χ4n) is 2.79. The molecule has 0 saturated carbocycles. The average Bonchev–Trinajstić information content (AvgIpc) is 3.21. The summed E-state index contributed by atoms with van der Waals surface area (Å²) in [5.41, 5.74) is 8.39. The molecular weight excluding hydrogens is 350 g/mol. The molecule has 0 bridgehead atoms. The zero-order chi connectivity index (χ0) is 18.1. The van der Waals surface area contributed by atoms with Crippen LogP contribution in [0.1, 0.15) is 18.4 Å². The topological polar surface area (TPSA) is 88.1 Å². The molecule has 0 saturated heterocycles. The summed E-state index contributed by atoms with van der Waals surface area (Å²) < 4.78 is 13.0. The van der Waals surface area contributed by atoms with Crippen LogP contribution in [-0.4, -0.2) is 26.3 Å². The Morgan fingerprint density at radius 3 is 2.92 bits per heavy atom. The molecule has 0 aliphatic carbocycles. The van der Waals surface area contributed by atoms with Crippen LogP contribution in [0.15, 0.2) is 28.5 Å². The number of ether oxygens (including phenoxy) is 2. The van der Waals surface area contributed by atoms with Gasteiger partial charge in [-0.15, -0.1) is 12.3 Å². The van der Waals surface area contributed by atoms with E-state index in [1.165, 1.54) is 6.33 Å². The number of rotatable bonds is 5. The van der Waals surface area contributed by atoms with Crippen molar-refractivity contribution in [3.63, 3.8) is 0 Å². The SMILES string of the molecule is C#CCCCn1c(Sc2cc3c(cc2C)OCO3)nc2c(N)ncnc21. The molecule has 0 spiro atoms. The van der Waals surface area contributed by atoms with E-state index in [0.29, 0.717) is 24.3 Å². The van der Waals surface area contributed by atoms with E-state index in [-0.39, 0.29) is 6.79 Å². The average molecular weight is 367 g/mol. The zero-order valence-electron chi connectivity index (χ0n) is 14.2. The van der Waals surface area contributed by atoms with Gasteiger partial charge >= 0.3 is 0 Å². The highest BCUT2D eigenvalue weighted by Crippen LogP contribution is 2.40. The molecule has 0 radical (unpaired) electrons. The van der Waals surface area contributed by atoms with Gasteiger partial charge in [-0.1, -0.05) is 11.8 Å². The Morgan fingerprint density at radius 1 is 1.31 bits per heavy atom. The second kappa shape index (κ2) is 6.77. The molecule has 0 atom stereocenters. The van der Waals surface area contributed by atoms with E-state index in [9.17, 15) is 0 Å². The zero-order valence-corrected chi connectivity index (χ0v) is 15.0. The Labute approximate surface area is 154 Å². The lowest BCUT2D eigenvalue weighted by molar-refractivity contribution is 0.174. The summed E-state index contributed by atoms with van der Waals surface area (Å²) in [6.07, 6.45) is 8.36. The van der Waals surface area contributed by atoms with Crippen LogP contribution >= 0.6 is 11.8 Å². The lowest BCUT2D eigenvalue weighted by Crippen LogP contribution is -2.02. The number of unbranched alkanes of at least 4 members (excludes halogenated alkanes) is 1. The summed E-state index contributed by atoms with van der Waals surface area (Å²) in [5.74, 6) is 4.55. The van der Waals surface area contributed by atoms with E-state index in [4.69, 9.17) is 21.6 Å². The first-order valence-electron chi connectivity index (χ1n) is 8.15. The van der Waals surface area contributed by atoms with Gasteiger partial charge in [0.25, 0.3) is 0 Å². The van der Waals surface area contributed by atoms with Crippen molar-refractivity contribution in [3.05, 3.63) is 24.0 Å². The first-order chi connectivity index (χ1) is 12.7. The number of hydrogen-bond donors (Lipinski definition) is 1. The maximum Gasteiger partial charge on any atom is 0.231 e. The summed E-state index contributed by atoms with van der Waals surface area (Å²) in [4.78, 5) is 14.1. The van der Waals surface area contributed by atoms with Crippen molar-refractivity contribution in [2.75, 3.05) is 12.5 Å². The minimum absolute atomic E-state index is 0.250. The molecule has 1 aromatic carbocycles. The van der Waals surface area contributed by atoms with Gasteiger partial charge in [-0.05, 0) is 31.0 Å². The fraction of sp³-hybridized carbons (Fsp3) is 0.278. The Hall–Kier alpha value is -2.92. The van der Waals surface area contributed by atoms with E-state index in [1.807, 2.05) is 23.6 Å². The second-order valence-electron chi connectivity index (χ2n) is 5.86. The third-order valence-corrected chi connectivity index (χ3v) is 5.25. The van der Waals surface area contributed by atoms with Gasteiger partial charge in [0.05, 0.1) is 0 Å². The number of imidazole rings is 1. The molecule has 2 N–H and O–H groups in total. The van der Waals surface area contributed by atoms with Crippen LogP contribution in [0.2, 0.25) is 0 Å². The number of anilines is 1. The molecule has 0 fully saturated rings. The van der Waals surface area contributed by atoms with Gasteiger partial charge in [-0.3, -0.25) is 0 Å². The molecule has 26 heavy (non-hydrogen) atoms. The predicted molar refractivity (Wildman–Crippen MR) is 99.2 cm³/mol. The summed E-state index contributed by atoms with van der Waals surface area (Å²) in [6.45, 7) is 2.99. The molecule has 1 aliphatic heterocycles. The van der Waals surface area contributed by atoms with Crippen molar-refractivity contribution in [3.8, 4) is 23.8 Å². The number of aryl methyl sites for hydroxylation is 2. The third kappa shape index (κ3) is 2.91. The van der Waals surface area contributed by atoms with E-state index in [0.717, 1.165) is 39.2 Å². The van der Waals surface area contributed by atoms with Crippen LogP contribution < -0.4 is 15.2 Å². The number of aromatic nitrogens is 4. The number of nitrogens with two attached hydrogens (primary N) is 1. The summed E-state index contributed by atoms with van der Waals surface area (Å²) in [5, 5.41) is 0.797. The normalized spacial score (nSPS) is 12.5. The molecule has 3 aromatic rings. The Kier molecular flexibility index (Phi) is 4.31. The first kappa shape index (κ1) is 16.5. The smallest absolute Gasteiger partial charge is 0.231 e. The van der Waals surface area contributed by atoms with Crippen molar-refractivity contribution in [2.45, 2.75) is 36.4 Å². The Balaban J connectivity index is 1.75. The predicted octanol–water partition coefficient (Wildman–Crippen LogP) is 3.01. The van der Waals surface area contributed by atoms with Crippen LogP contribution in [0, 0.1) is 19.3 Å². The highest BCUT2D eigenvalue weighted by Gasteiger charge is 2.20. The summed E-state index contributed by atoms with van der Waals surface area (Å²) in [7, 11) is 0. The third-order valence-electron chi connectivity index (χ3n) is 4.10. The molecule has 1 aliphatic rings. The van der Waals surface area contributed by atoms with Crippen molar-refractivity contribution in [2.24, 2.45) is 0 Å². The molecular formula is C18H17N5O2S. The molecule has 3 heterocycles. The van der Waals surface area contributed by atoms with Crippen LogP contribution in [0.4, 0.5) is 5.82 Å². The van der Waals surface area contributed by atoms with Crippen LogP contribution in [-0.2, 0) is 6.54 Å². The number of nitrogens with zero attached hydrogens (tertiary/aromatic N) is 4. The lowest BCUT2D eigenvalue weighted by atomic mass is 10.2. The highest BCUT2D eigenvalue weighted by atomic mass is 32.2. The van der Waals surface area contributed by atoms with Crippen molar-refractivity contribution >= 4 is 28.7 Å². The molecule has 0 amide bonds. The number of terminal acetylenes is 1. The number of hydrogen-bond acceptors (Lipinski definition) is 7. The molecule has 4 rings (SSSR count). The van der Waals surface area contributed by atoms with Gasteiger partial charge in [0.15, 0.2) is 33.6 Å². The second-order valence-corrected chi connectivity index (χ2v) is 6.87. The quantitative estimate of drug-likeness (QED) is 0.548. The summed E-state index contributed by atoms with van der Waals surface area (Å²) in [6, 6.07) is 3.95. The maximum atomic E-state index is 5.99. The van der Waals surface area contributed by atoms with Crippen molar-refractivity contribution in [1.29, 1.82) is 0 Å². The van der Waals surface area contributed by atoms with Gasteiger partial charge in [0.1, 0.15) is 6.33 Å². The van der Waals surface area contributed by atoms with Crippen LogP contribution in [0.3, 0.4) is 0 Å². The van der Waals surface area contributed by atoms with Gasteiger partial charge < -0.3 is 19.8 Å². The van der Waals surface area contributed by atoms with E-state index < -0.39 is 0 Å². The molecule has 7 nitrogen and oxygen atoms in total. The van der Waals surface area contributed by atoms with Crippen molar-refractivity contribution in [1.82, 2.24) is 19.5 Å². The van der Waals surface area contributed by atoms with Crippen LogP contribution in [0.25, 0.3) is 11.2 Å². The fourth-order valence-corrected chi connectivity index (χ4v) is 3.79. The first-order valence-corrected chi connectivity index (χ1v) is 8.97. The van der Waals surface area contributed by atoms with E-state index in [2.05, 4.69) is 20.9 Å². The lowest BCUT2D eigenvalue weighted by Gasteiger charge is -2.09. The standard InChI is InChI=1S/C18H17N5O2S/c1-3-4-5-6-23-17-15(16(19)20-9-21-17)22-18(23)26-14-8-13-12(7-11(14)2)24-10-25-13/h1,7-9H,4-6,10H2,2H3,(H2,19,20,21). The molecule has 8 heteroatoms. The number of fused-ring (bicyclic) bond motifs is 2. The number of benzene rings is 1. The van der Waals surface area contributed by atoms with Crippen molar-refractivity contribution < 1.29 is 9.47 Å². The van der Waals surface area contributed by atoms with E-state index >= 15 is 0 Å². The van der Waals surface area contributed by atoms with E-state index in [1.54, 1.807) is 11.8 Å². The van der Waals surface area contributed by atoms with Gasteiger partial charge in [0.2, 0.25) is 6.79 Å². The largest absolute Gasteiger partial charge is 0.454 e.